The average Bonchev–Trinajstić information content (AvgIpc) is 3.09. The molecule has 3 aliphatic rings. The van der Waals surface area contributed by atoms with Gasteiger partial charge in [-0.3, -0.25) is 9.79 Å². The lowest BCUT2D eigenvalue weighted by molar-refractivity contribution is 0.0910. The van der Waals surface area contributed by atoms with Gasteiger partial charge in [-0.1, -0.05) is 37.6 Å². The Bertz CT molecular complexity index is 869. The number of carbonyl (C=O) groups is 1. The summed E-state index contributed by atoms with van der Waals surface area (Å²) in [6, 6.07) is 7.50. The van der Waals surface area contributed by atoms with Gasteiger partial charge in [0.05, 0.1) is 17.5 Å². The molecule has 2 heterocycles. The molecule has 6 nitrogen and oxygen atoms in total. The predicted molar refractivity (Wildman–Crippen MR) is 110 cm³/mol. The fourth-order valence-corrected chi connectivity index (χ4v) is 7.74. The molecular weight excluding hydrogens is 382 g/mol. The molecule has 0 spiro atoms. The number of anilines is 1. The third-order valence-corrected chi connectivity index (χ3v) is 8.76. The van der Waals surface area contributed by atoms with Crippen LogP contribution in [0.1, 0.15) is 43.0 Å². The lowest BCUT2D eigenvalue weighted by atomic mass is 9.86. The zero-order valence-corrected chi connectivity index (χ0v) is 17.0. The van der Waals surface area contributed by atoms with Gasteiger partial charge in [0.15, 0.2) is 15.0 Å². The molecule has 1 amide bonds. The van der Waals surface area contributed by atoms with Crippen molar-refractivity contribution >= 4 is 38.4 Å². The van der Waals surface area contributed by atoms with E-state index < -0.39 is 9.84 Å². The summed E-state index contributed by atoms with van der Waals surface area (Å²) in [6.45, 7) is 2.20. The first-order valence-corrected chi connectivity index (χ1v) is 12.2. The SMILES string of the molecule is C[C@@H]1CCCC[C@@H]1NC(=O)c1cccc(NC2=N[C@H]3CS(=O)(=O)C[C@@H]3S2)c1. The Balaban J connectivity index is 1.40. The molecule has 0 bridgehead atoms. The van der Waals surface area contributed by atoms with Crippen molar-refractivity contribution in [1.29, 1.82) is 0 Å². The van der Waals surface area contributed by atoms with Crippen LogP contribution < -0.4 is 10.6 Å². The minimum Gasteiger partial charge on any atom is -0.349 e. The van der Waals surface area contributed by atoms with E-state index in [1.165, 1.54) is 31.0 Å². The van der Waals surface area contributed by atoms with E-state index in [4.69, 9.17) is 0 Å². The molecule has 27 heavy (non-hydrogen) atoms. The quantitative estimate of drug-likeness (QED) is 0.804. The van der Waals surface area contributed by atoms with Gasteiger partial charge in [-0.25, -0.2) is 8.42 Å². The van der Waals surface area contributed by atoms with Crippen LogP contribution in [0.2, 0.25) is 0 Å². The first kappa shape index (κ1) is 18.8. The van der Waals surface area contributed by atoms with Crippen LogP contribution in [0.5, 0.6) is 0 Å². The highest BCUT2D eigenvalue weighted by Crippen LogP contribution is 2.34. The monoisotopic (exact) mass is 407 g/mol. The summed E-state index contributed by atoms with van der Waals surface area (Å²) < 4.78 is 23.3. The summed E-state index contributed by atoms with van der Waals surface area (Å²) in [5.74, 6) is 0.807. The van der Waals surface area contributed by atoms with Crippen LogP contribution in [0.15, 0.2) is 29.3 Å². The molecule has 4 atom stereocenters. The number of carbonyl (C=O) groups excluding carboxylic acids is 1. The van der Waals surface area contributed by atoms with Crippen molar-refractivity contribution in [3.8, 4) is 0 Å². The van der Waals surface area contributed by atoms with Gasteiger partial charge in [0.1, 0.15) is 0 Å². The van der Waals surface area contributed by atoms with E-state index in [-0.39, 0.29) is 34.7 Å². The van der Waals surface area contributed by atoms with Gasteiger partial charge in [-0.15, -0.1) is 0 Å². The lowest BCUT2D eigenvalue weighted by Gasteiger charge is -2.29. The fraction of sp³-hybridized carbons (Fsp3) is 0.579. The number of sulfone groups is 1. The highest BCUT2D eigenvalue weighted by Gasteiger charge is 2.42. The molecule has 0 radical (unpaired) electrons. The van der Waals surface area contributed by atoms with Crippen molar-refractivity contribution in [2.24, 2.45) is 10.9 Å². The van der Waals surface area contributed by atoms with Crippen LogP contribution in [-0.4, -0.2) is 48.3 Å². The topological polar surface area (TPSA) is 87.6 Å². The Kier molecular flexibility index (Phi) is 5.20. The van der Waals surface area contributed by atoms with Gasteiger partial charge >= 0.3 is 0 Å². The smallest absolute Gasteiger partial charge is 0.251 e. The van der Waals surface area contributed by atoms with Crippen molar-refractivity contribution in [2.75, 3.05) is 16.8 Å². The number of aliphatic imine (C=N–C) groups is 1. The molecule has 8 heteroatoms. The van der Waals surface area contributed by atoms with E-state index >= 15 is 0 Å². The first-order valence-electron chi connectivity index (χ1n) is 9.52. The molecule has 2 fully saturated rings. The van der Waals surface area contributed by atoms with Crippen LogP contribution in [-0.2, 0) is 9.84 Å². The third-order valence-electron chi connectivity index (χ3n) is 5.62. The zero-order chi connectivity index (χ0) is 19.0. The normalized spacial score (nSPS) is 31.8. The Hall–Kier alpha value is -1.54. The molecule has 0 unspecified atom stereocenters. The molecule has 4 rings (SSSR count). The summed E-state index contributed by atoms with van der Waals surface area (Å²) in [7, 11) is -2.95. The molecule has 2 aliphatic heterocycles. The van der Waals surface area contributed by atoms with Crippen molar-refractivity contribution in [2.45, 2.75) is 49.9 Å². The Morgan fingerprint density at radius 3 is 2.81 bits per heavy atom. The number of hydrogen-bond acceptors (Lipinski definition) is 6. The van der Waals surface area contributed by atoms with E-state index in [1.54, 1.807) is 0 Å². The predicted octanol–water partition coefficient (Wildman–Crippen LogP) is 2.68. The third kappa shape index (κ3) is 4.32. The number of amides is 1. The van der Waals surface area contributed by atoms with Gasteiger partial charge in [0, 0.05) is 22.5 Å². The van der Waals surface area contributed by atoms with E-state index in [0.29, 0.717) is 11.5 Å². The second-order valence-corrected chi connectivity index (χ2v) is 11.2. The van der Waals surface area contributed by atoms with Crippen LogP contribution in [0.4, 0.5) is 5.69 Å². The fourth-order valence-electron chi connectivity index (χ4n) is 4.06. The minimum absolute atomic E-state index is 0.0109. The van der Waals surface area contributed by atoms with Crippen molar-refractivity contribution in [3.63, 3.8) is 0 Å². The van der Waals surface area contributed by atoms with Crippen molar-refractivity contribution < 1.29 is 13.2 Å². The maximum atomic E-state index is 12.6. The highest BCUT2D eigenvalue weighted by molar-refractivity contribution is 8.15. The number of hydrogen-bond donors (Lipinski definition) is 2. The minimum atomic E-state index is -2.95. The Labute approximate surface area is 164 Å². The van der Waals surface area contributed by atoms with Crippen molar-refractivity contribution in [3.05, 3.63) is 29.8 Å². The van der Waals surface area contributed by atoms with Crippen LogP contribution in [0, 0.1) is 5.92 Å². The van der Waals surface area contributed by atoms with Gasteiger partial charge in [0.2, 0.25) is 0 Å². The summed E-state index contributed by atoms with van der Waals surface area (Å²) in [5, 5.41) is 7.17. The highest BCUT2D eigenvalue weighted by atomic mass is 32.2. The molecule has 0 aromatic heterocycles. The number of nitrogens with one attached hydrogen (secondary N) is 2. The molecular formula is C19H25N3O3S2. The van der Waals surface area contributed by atoms with Crippen LogP contribution in [0.25, 0.3) is 0 Å². The molecule has 1 aliphatic carbocycles. The molecule has 1 saturated heterocycles. The van der Waals surface area contributed by atoms with Crippen LogP contribution in [0.3, 0.4) is 0 Å². The largest absolute Gasteiger partial charge is 0.349 e. The lowest BCUT2D eigenvalue weighted by Crippen LogP contribution is -2.41. The number of nitrogens with zero attached hydrogens (tertiary/aromatic N) is 1. The first-order chi connectivity index (χ1) is 12.9. The molecule has 1 saturated carbocycles. The van der Waals surface area contributed by atoms with E-state index in [2.05, 4.69) is 22.5 Å². The van der Waals surface area contributed by atoms with Crippen LogP contribution >= 0.6 is 11.8 Å². The number of thioether (sulfide) groups is 1. The number of amidine groups is 1. The van der Waals surface area contributed by atoms with Gasteiger partial charge < -0.3 is 10.6 Å². The standard InChI is InChI=1S/C19H25N3O3S2/c1-12-5-2-3-8-15(12)21-18(23)13-6-4-7-14(9-13)20-19-22-16-10-27(24,25)11-17(16)26-19/h4,6-7,9,12,15-17H,2-3,5,8,10-11H2,1H3,(H,20,22)(H,21,23)/t12-,15+,16+,17+/m1/s1. The summed E-state index contributed by atoms with van der Waals surface area (Å²) >= 11 is 1.48. The van der Waals surface area contributed by atoms with Gasteiger partial charge in [-0.2, -0.15) is 0 Å². The number of rotatable bonds is 3. The van der Waals surface area contributed by atoms with E-state index in [0.717, 1.165) is 17.3 Å². The maximum Gasteiger partial charge on any atom is 0.251 e. The molecule has 2 N–H and O–H groups in total. The second kappa shape index (κ2) is 7.47. The summed E-state index contributed by atoms with van der Waals surface area (Å²) in [6.07, 6.45) is 4.63. The summed E-state index contributed by atoms with van der Waals surface area (Å²) in [4.78, 5) is 17.1. The zero-order valence-electron chi connectivity index (χ0n) is 15.3. The Morgan fingerprint density at radius 1 is 1.22 bits per heavy atom. The number of benzene rings is 1. The van der Waals surface area contributed by atoms with Gasteiger partial charge in [-0.05, 0) is 37.0 Å². The van der Waals surface area contributed by atoms with E-state index in [1.807, 2.05) is 24.3 Å². The molecule has 1 aromatic rings. The molecule has 146 valence electrons. The Morgan fingerprint density at radius 2 is 2.04 bits per heavy atom. The summed E-state index contributed by atoms with van der Waals surface area (Å²) in [5.41, 5.74) is 1.43. The van der Waals surface area contributed by atoms with Gasteiger partial charge in [0.25, 0.3) is 5.91 Å². The van der Waals surface area contributed by atoms with E-state index in [9.17, 15) is 13.2 Å². The second-order valence-electron chi connectivity index (χ2n) is 7.78. The molecule has 1 aromatic carbocycles. The number of fused-ring (bicyclic) bond motifs is 1. The maximum absolute atomic E-state index is 12.6. The average molecular weight is 408 g/mol. The van der Waals surface area contributed by atoms with Crippen molar-refractivity contribution in [1.82, 2.24) is 5.32 Å².